The fourth-order valence-electron chi connectivity index (χ4n) is 0.837. The third-order valence-corrected chi connectivity index (χ3v) is 1.66. The molecule has 16 heavy (non-hydrogen) atoms. The summed E-state index contributed by atoms with van der Waals surface area (Å²) in [5.41, 5.74) is -1.07. The molecule has 8 heteroatoms. The number of likely N-dealkylation sites (N-methyl/N-ethyl adjacent to an activating group) is 1. The second-order valence-electron chi connectivity index (χ2n) is 2.83. The molecule has 0 atom stereocenters. The number of halogens is 3. The van der Waals surface area contributed by atoms with Crippen LogP contribution >= 0.6 is 0 Å². The van der Waals surface area contributed by atoms with Crippen molar-refractivity contribution in [2.75, 3.05) is 18.9 Å². The van der Waals surface area contributed by atoms with Crippen LogP contribution in [0.25, 0.3) is 0 Å². The van der Waals surface area contributed by atoms with Crippen LogP contribution in [0.1, 0.15) is 5.69 Å². The van der Waals surface area contributed by atoms with Gasteiger partial charge in [-0.2, -0.15) is 13.2 Å². The first-order chi connectivity index (χ1) is 7.43. The van der Waals surface area contributed by atoms with Gasteiger partial charge in [-0.25, -0.2) is 0 Å². The number of hydrogen-bond acceptors (Lipinski definition) is 4. The Morgan fingerprint density at radius 1 is 1.38 bits per heavy atom. The predicted octanol–water partition coefficient (Wildman–Crippen LogP) is 0.653. The molecule has 5 nitrogen and oxygen atoms in total. The van der Waals surface area contributed by atoms with Crippen LogP contribution in [0, 0.1) is 0 Å². The zero-order valence-corrected chi connectivity index (χ0v) is 8.30. The molecule has 1 heterocycles. The highest BCUT2D eigenvalue weighted by Gasteiger charge is 2.32. The minimum Gasteiger partial charge on any atom is -0.360 e. The monoisotopic (exact) mass is 234 g/mol. The van der Waals surface area contributed by atoms with Crippen molar-refractivity contribution < 1.29 is 18.0 Å². The summed E-state index contributed by atoms with van der Waals surface area (Å²) in [6, 6.07) is 1.90. The Morgan fingerprint density at radius 2 is 2.06 bits per heavy atom. The Bertz CT molecular complexity index is 363. The smallest absolute Gasteiger partial charge is 0.360 e. The van der Waals surface area contributed by atoms with Gasteiger partial charge in [-0.05, 0) is 12.1 Å². The number of anilines is 1. The van der Waals surface area contributed by atoms with Crippen LogP contribution in [0.3, 0.4) is 0 Å². The number of carbonyl (C=O) groups excluding carboxylic acids is 1. The minimum absolute atomic E-state index is 0.0729. The molecule has 1 aromatic rings. The number of hydrogen-bond donors (Lipinski definition) is 2. The average molecular weight is 234 g/mol. The quantitative estimate of drug-likeness (QED) is 0.806. The Balaban J connectivity index is 2.62. The molecule has 1 amide bonds. The van der Waals surface area contributed by atoms with Gasteiger partial charge in [-0.15, -0.1) is 10.2 Å². The maximum absolute atomic E-state index is 12.1. The highest BCUT2D eigenvalue weighted by atomic mass is 19.4. The molecule has 0 fully saturated rings. The number of aromatic nitrogens is 2. The van der Waals surface area contributed by atoms with Gasteiger partial charge < -0.3 is 10.6 Å². The van der Waals surface area contributed by atoms with Crippen molar-refractivity contribution in [2.45, 2.75) is 6.18 Å². The Kier molecular flexibility index (Phi) is 3.64. The molecular weight excluding hydrogens is 225 g/mol. The Labute approximate surface area is 89.1 Å². The zero-order chi connectivity index (χ0) is 12.2. The lowest BCUT2D eigenvalue weighted by Crippen LogP contribution is -2.26. The van der Waals surface area contributed by atoms with E-state index in [0.717, 1.165) is 12.1 Å². The van der Waals surface area contributed by atoms with E-state index in [-0.39, 0.29) is 18.3 Å². The fourth-order valence-corrected chi connectivity index (χ4v) is 0.837. The SMILES string of the molecule is CNC(=O)CNc1ccc(C(F)(F)F)nn1. The summed E-state index contributed by atoms with van der Waals surface area (Å²) >= 11 is 0. The lowest BCUT2D eigenvalue weighted by molar-refractivity contribution is -0.141. The number of nitrogens with one attached hydrogen (secondary N) is 2. The van der Waals surface area contributed by atoms with Crippen LogP contribution in [0.15, 0.2) is 12.1 Å². The summed E-state index contributed by atoms with van der Waals surface area (Å²) < 4.78 is 36.3. The summed E-state index contributed by atoms with van der Waals surface area (Å²) in [7, 11) is 1.45. The van der Waals surface area contributed by atoms with Gasteiger partial charge >= 0.3 is 6.18 Å². The molecule has 2 N–H and O–H groups in total. The molecule has 0 unspecified atom stereocenters. The van der Waals surface area contributed by atoms with Gasteiger partial charge in [-0.1, -0.05) is 0 Å². The first-order valence-electron chi connectivity index (χ1n) is 4.29. The summed E-state index contributed by atoms with van der Waals surface area (Å²) in [5, 5.41) is 11.1. The summed E-state index contributed by atoms with van der Waals surface area (Å²) in [6.07, 6.45) is -4.51. The van der Waals surface area contributed by atoms with Crippen LogP contribution in [-0.4, -0.2) is 29.7 Å². The molecule has 0 radical (unpaired) electrons. The standard InChI is InChI=1S/C8H9F3N4O/c1-12-7(16)4-13-6-3-2-5(14-15-6)8(9,10)11/h2-3H,4H2,1H3,(H,12,16)(H,13,15). The Morgan fingerprint density at radius 3 is 2.50 bits per heavy atom. The highest BCUT2D eigenvalue weighted by molar-refractivity contribution is 5.79. The van der Waals surface area contributed by atoms with E-state index in [1.54, 1.807) is 0 Å². The minimum atomic E-state index is -4.51. The molecule has 0 aliphatic rings. The van der Waals surface area contributed by atoms with E-state index >= 15 is 0 Å². The molecule has 0 bridgehead atoms. The first kappa shape index (κ1) is 12.2. The molecule has 1 aromatic heterocycles. The second kappa shape index (κ2) is 4.77. The molecular formula is C8H9F3N4O. The van der Waals surface area contributed by atoms with Crippen molar-refractivity contribution in [3.05, 3.63) is 17.8 Å². The molecule has 0 aromatic carbocycles. The molecule has 88 valence electrons. The van der Waals surface area contributed by atoms with Crippen LogP contribution in [0.2, 0.25) is 0 Å². The van der Waals surface area contributed by atoms with Crippen molar-refractivity contribution in [1.29, 1.82) is 0 Å². The van der Waals surface area contributed by atoms with E-state index in [4.69, 9.17) is 0 Å². The number of alkyl halides is 3. The van der Waals surface area contributed by atoms with E-state index in [0.29, 0.717) is 0 Å². The van der Waals surface area contributed by atoms with Crippen LogP contribution in [0.4, 0.5) is 19.0 Å². The van der Waals surface area contributed by atoms with Crippen molar-refractivity contribution in [3.63, 3.8) is 0 Å². The second-order valence-corrected chi connectivity index (χ2v) is 2.83. The zero-order valence-electron chi connectivity index (χ0n) is 8.30. The van der Waals surface area contributed by atoms with Crippen LogP contribution < -0.4 is 10.6 Å². The molecule has 0 spiro atoms. The van der Waals surface area contributed by atoms with Crippen LogP contribution in [0.5, 0.6) is 0 Å². The van der Waals surface area contributed by atoms with E-state index < -0.39 is 11.9 Å². The molecule has 0 aliphatic heterocycles. The van der Waals surface area contributed by atoms with E-state index in [1.165, 1.54) is 7.05 Å². The normalized spacial score (nSPS) is 11.0. The van der Waals surface area contributed by atoms with Gasteiger partial charge in [0.1, 0.15) is 5.82 Å². The molecule has 0 saturated carbocycles. The average Bonchev–Trinajstić information content (AvgIpc) is 2.25. The maximum atomic E-state index is 12.1. The first-order valence-corrected chi connectivity index (χ1v) is 4.29. The lowest BCUT2D eigenvalue weighted by atomic mass is 10.4. The number of nitrogens with zero attached hydrogens (tertiary/aromatic N) is 2. The lowest BCUT2D eigenvalue weighted by Gasteiger charge is -2.06. The summed E-state index contributed by atoms with van der Waals surface area (Å²) in [4.78, 5) is 10.8. The topological polar surface area (TPSA) is 66.9 Å². The van der Waals surface area contributed by atoms with Gasteiger partial charge in [0.25, 0.3) is 0 Å². The fraction of sp³-hybridized carbons (Fsp3) is 0.375. The van der Waals surface area contributed by atoms with Gasteiger partial charge in [0.15, 0.2) is 5.69 Å². The molecule has 0 saturated heterocycles. The summed E-state index contributed by atoms with van der Waals surface area (Å²) in [5.74, 6) is -0.196. The van der Waals surface area contributed by atoms with E-state index in [9.17, 15) is 18.0 Å². The number of amides is 1. The molecule has 0 aliphatic carbocycles. The Hall–Kier alpha value is -1.86. The van der Waals surface area contributed by atoms with Crippen molar-refractivity contribution >= 4 is 11.7 Å². The summed E-state index contributed by atoms with van der Waals surface area (Å²) in [6.45, 7) is -0.0729. The largest absolute Gasteiger partial charge is 0.435 e. The molecule has 1 rings (SSSR count). The van der Waals surface area contributed by atoms with Gasteiger partial charge in [0, 0.05) is 7.05 Å². The van der Waals surface area contributed by atoms with Gasteiger partial charge in [0.2, 0.25) is 5.91 Å². The third kappa shape index (κ3) is 3.37. The third-order valence-electron chi connectivity index (χ3n) is 1.66. The van der Waals surface area contributed by atoms with Gasteiger partial charge in [-0.3, -0.25) is 4.79 Å². The maximum Gasteiger partial charge on any atom is 0.435 e. The van der Waals surface area contributed by atoms with Crippen molar-refractivity contribution in [2.24, 2.45) is 0 Å². The predicted molar refractivity (Wildman–Crippen MR) is 49.6 cm³/mol. The number of rotatable bonds is 3. The van der Waals surface area contributed by atoms with Crippen molar-refractivity contribution in [3.8, 4) is 0 Å². The number of carbonyl (C=O) groups is 1. The van der Waals surface area contributed by atoms with Gasteiger partial charge in [0.05, 0.1) is 6.54 Å². The van der Waals surface area contributed by atoms with Crippen LogP contribution in [-0.2, 0) is 11.0 Å². The van der Waals surface area contributed by atoms with E-state index in [1.807, 2.05) is 0 Å². The van der Waals surface area contributed by atoms with E-state index in [2.05, 4.69) is 20.8 Å². The highest BCUT2D eigenvalue weighted by Crippen LogP contribution is 2.26. The van der Waals surface area contributed by atoms with Crippen molar-refractivity contribution in [1.82, 2.24) is 15.5 Å².